The maximum atomic E-state index is 12.8. The predicted octanol–water partition coefficient (Wildman–Crippen LogP) is 4.93. The van der Waals surface area contributed by atoms with Crippen LogP contribution in [0, 0.1) is 6.92 Å². The molecule has 2 aromatic carbocycles. The molecule has 3 rings (SSSR count). The minimum absolute atomic E-state index is 0.243. The molecule has 3 aromatic rings. The van der Waals surface area contributed by atoms with Crippen molar-refractivity contribution in [3.05, 3.63) is 41.5 Å². The average Bonchev–Trinajstić information content (AvgIpc) is 2.96. The van der Waals surface area contributed by atoms with E-state index in [0.717, 1.165) is 17.7 Å². The van der Waals surface area contributed by atoms with Gasteiger partial charge in [-0.15, -0.1) is 0 Å². The molecule has 4 nitrogen and oxygen atoms in total. The van der Waals surface area contributed by atoms with Crippen LogP contribution < -0.4 is 4.74 Å². The van der Waals surface area contributed by atoms with Crippen LogP contribution in [0.5, 0.6) is 5.75 Å². The van der Waals surface area contributed by atoms with Crippen LogP contribution in [0.2, 0.25) is 0 Å². The van der Waals surface area contributed by atoms with E-state index in [2.05, 4.69) is 14.3 Å². The van der Waals surface area contributed by atoms with Gasteiger partial charge in [-0.25, -0.2) is 4.98 Å². The molecule has 0 aliphatic rings. The van der Waals surface area contributed by atoms with Crippen LogP contribution in [0.3, 0.4) is 0 Å². The van der Waals surface area contributed by atoms with E-state index >= 15 is 0 Å². The number of imidazole rings is 1. The standard InChI is InChI=1S/C16H12F3N3OS/c1-8-10(4-6-13(23-2)14(8)22-24)15-20-11-5-3-9(16(17,18)19)7-12(11)21-15/h3-7H,1-2H3,(H,20,21). The van der Waals surface area contributed by atoms with Crippen molar-refractivity contribution >= 4 is 29.1 Å². The van der Waals surface area contributed by atoms with Crippen molar-refractivity contribution in [3.8, 4) is 17.1 Å². The number of methoxy groups -OCH3 is 1. The summed E-state index contributed by atoms with van der Waals surface area (Å²) in [5.41, 5.74) is 1.96. The van der Waals surface area contributed by atoms with Gasteiger partial charge in [0.2, 0.25) is 0 Å². The van der Waals surface area contributed by atoms with Gasteiger partial charge in [0.05, 0.1) is 23.7 Å². The molecule has 1 aromatic heterocycles. The van der Waals surface area contributed by atoms with Crippen LogP contribution in [0.1, 0.15) is 11.1 Å². The normalized spacial score (nSPS) is 11.7. The number of alkyl halides is 3. The first-order valence-corrected chi connectivity index (χ1v) is 7.30. The van der Waals surface area contributed by atoms with Crippen molar-refractivity contribution in [3.63, 3.8) is 0 Å². The minimum Gasteiger partial charge on any atom is -0.494 e. The van der Waals surface area contributed by atoms with Gasteiger partial charge in [0, 0.05) is 18.0 Å². The number of nitrogens with zero attached hydrogens (tertiary/aromatic N) is 2. The third-order valence-electron chi connectivity index (χ3n) is 3.77. The van der Waals surface area contributed by atoms with Gasteiger partial charge in [-0.1, -0.05) is 0 Å². The molecule has 0 saturated carbocycles. The molecule has 124 valence electrons. The summed E-state index contributed by atoms with van der Waals surface area (Å²) >= 11 is 4.78. The lowest BCUT2D eigenvalue weighted by Crippen LogP contribution is -2.04. The fourth-order valence-corrected chi connectivity index (χ4v) is 2.75. The molecule has 0 unspecified atom stereocenters. The number of aromatic amines is 1. The molecule has 0 aliphatic carbocycles. The Morgan fingerprint density at radius 3 is 2.58 bits per heavy atom. The van der Waals surface area contributed by atoms with Crippen molar-refractivity contribution in [2.75, 3.05) is 7.11 Å². The molecule has 0 spiro atoms. The van der Waals surface area contributed by atoms with Gasteiger partial charge in [0.15, 0.2) is 0 Å². The first kappa shape index (κ1) is 16.4. The summed E-state index contributed by atoms with van der Waals surface area (Å²) in [6, 6.07) is 6.87. The molecule has 0 saturated heterocycles. The van der Waals surface area contributed by atoms with Gasteiger partial charge < -0.3 is 9.72 Å². The summed E-state index contributed by atoms with van der Waals surface area (Å²) in [5.74, 6) is 0.978. The Bertz CT molecular complexity index is 934. The fourth-order valence-electron chi connectivity index (χ4n) is 2.52. The van der Waals surface area contributed by atoms with Gasteiger partial charge >= 0.3 is 6.18 Å². The Labute approximate surface area is 140 Å². The van der Waals surface area contributed by atoms with Gasteiger partial charge in [-0.05, 0) is 42.8 Å². The van der Waals surface area contributed by atoms with Crippen LogP contribution in [-0.2, 0) is 18.6 Å². The number of aromatic nitrogens is 2. The molecule has 1 heterocycles. The molecule has 0 fully saturated rings. The van der Waals surface area contributed by atoms with Gasteiger partial charge in [-0.3, -0.25) is 0 Å². The van der Waals surface area contributed by atoms with E-state index in [1.165, 1.54) is 13.2 Å². The summed E-state index contributed by atoms with van der Waals surface area (Å²) in [4.78, 5) is 7.30. The summed E-state index contributed by atoms with van der Waals surface area (Å²) in [6.07, 6.45) is -4.41. The van der Waals surface area contributed by atoms with Crippen molar-refractivity contribution in [1.29, 1.82) is 0 Å². The van der Waals surface area contributed by atoms with Gasteiger partial charge in [-0.2, -0.15) is 17.5 Å². The Kier molecular flexibility index (Phi) is 4.00. The SMILES string of the molecule is COc1ccc(-c2nc3cc(C(F)(F)F)ccc3[nH]2)c(C)c1N=S. The molecule has 0 aliphatic heterocycles. The summed E-state index contributed by atoms with van der Waals surface area (Å²) in [6.45, 7) is 1.80. The number of hydrogen-bond donors (Lipinski definition) is 1. The van der Waals surface area contributed by atoms with Crippen molar-refractivity contribution in [1.82, 2.24) is 9.97 Å². The first-order valence-electron chi connectivity index (χ1n) is 6.93. The van der Waals surface area contributed by atoms with E-state index in [-0.39, 0.29) is 5.52 Å². The van der Waals surface area contributed by atoms with Crippen LogP contribution in [0.15, 0.2) is 34.7 Å². The predicted molar refractivity (Wildman–Crippen MR) is 87.3 cm³/mol. The van der Waals surface area contributed by atoms with Crippen LogP contribution >= 0.6 is 0 Å². The molecule has 0 atom stereocenters. The maximum Gasteiger partial charge on any atom is 0.416 e. The monoisotopic (exact) mass is 351 g/mol. The third kappa shape index (κ3) is 2.73. The fraction of sp³-hybridized carbons (Fsp3) is 0.188. The Morgan fingerprint density at radius 2 is 1.96 bits per heavy atom. The molecule has 24 heavy (non-hydrogen) atoms. The Balaban J connectivity index is 2.15. The molecule has 8 heteroatoms. The summed E-state index contributed by atoms with van der Waals surface area (Å²) < 4.78 is 47.4. The number of halogens is 3. The molecular formula is C16H12F3N3OS. The van der Waals surface area contributed by atoms with Crippen LogP contribution in [0.4, 0.5) is 18.9 Å². The largest absolute Gasteiger partial charge is 0.494 e. The lowest BCUT2D eigenvalue weighted by molar-refractivity contribution is -0.137. The Morgan fingerprint density at radius 1 is 1.21 bits per heavy atom. The van der Waals surface area contributed by atoms with Crippen molar-refractivity contribution in [2.45, 2.75) is 13.1 Å². The van der Waals surface area contributed by atoms with E-state index in [4.69, 9.17) is 17.2 Å². The highest BCUT2D eigenvalue weighted by Crippen LogP contribution is 2.37. The number of H-pyrrole nitrogens is 1. The molecule has 1 N–H and O–H groups in total. The molecule has 0 radical (unpaired) electrons. The lowest BCUT2D eigenvalue weighted by atomic mass is 10.1. The molecular weight excluding hydrogens is 339 g/mol. The zero-order valence-corrected chi connectivity index (χ0v) is 13.5. The smallest absolute Gasteiger partial charge is 0.416 e. The zero-order chi connectivity index (χ0) is 17.5. The van der Waals surface area contributed by atoms with E-state index in [0.29, 0.717) is 28.3 Å². The van der Waals surface area contributed by atoms with Gasteiger partial charge in [0.1, 0.15) is 17.3 Å². The number of nitrogens with one attached hydrogen (secondary N) is 1. The average molecular weight is 351 g/mol. The maximum absolute atomic E-state index is 12.8. The summed E-state index contributed by atoms with van der Waals surface area (Å²) in [5, 5.41) is 0. The molecule has 0 bridgehead atoms. The van der Waals surface area contributed by atoms with Crippen LogP contribution in [0.25, 0.3) is 22.4 Å². The van der Waals surface area contributed by atoms with E-state index in [1.807, 2.05) is 0 Å². The second-order valence-electron chi connectivity index (χ2n) is 5.20. The highest BCUT2D eigenvalue weighted by Gasteiger charge is 2.30. The van der Waals surface area contributed by atoms with Crippen LogP contribution in [-0.4, -0.2) is 17.1 Å². The van der Waals surface area contributed by atoms with E-state index < -0.39 is 11.7 Å². The van der Waals surface area contributed by atoms with Crippen molar-refractivity contribution < 1.29 is 17.9 Å². The number of rotatable bonds is 3. The highest BCUT2D eigenvalue weighted by atomic mass is 32.1. The highest BCUT2D eigenvalue weighted by molar-refractivity contribution is 7.47. The lowest BCUT2D eigenvalue weighted by Gasteiger charge is -2.09. The first-order chi connectivity index (χ1) is 11.3. The minimum atomic E-state index is -4.41. The Hall–Kier alpha value is -2.48. The molecule has 0 amide bonds. The number of hydrogen-bond acceptors (Lipinski definition) is 4. The second kappa shape index (κ2) is 5.86. The third-order valence-corrected chi connectivity index (χ3v) is 3.95. The number of benzene rings is 2. The summed E-state index contributed by atoms with van der Waals surface area (Å²) in [7, 11) is 1.51. The number of fused-ring (bicyclic) bond motifs is 1. The van der Waals surface area contributed by atoms with Crippen molar-refractivity contribution in [2.24, 2.45) is 4.36 Å². The van der Waals surface area contributed by atoms with E-state index in [9.17, 15) is 13.2 Å². The second-order valence-corrected chi connectivity index (χ2v) is 5.38. The van der Waals surface area contributed by atoms with Gasteiger partial charge in [0.25, 0.3) is 0 Å². The van der Waals surface area contributed by atoms with E-state index in [1.54, 1.807) is 19.1 Å². The zero-order valence-electron chi connectivity index (χ0n) is 12.7. The number of ether oxygens (including phenoxy) is 1. The quantitative estimate of drug-likeness (QED) is 0.728. The topological polar surface area (TPSA) is 50.3 Å².